The van der Waals surface area contributed by atoms with Crippen LogP contribution in [0, 0.1) is 5.92 Å². The third-order valence-electron chi connectivity index (χ3n) is 3.85. The predicted molar refractivity (Wildman–Crippen MR) is 76.7 cm³/mol. The summed E-state index contributed by atoms with van der Waals surface area (Å²) in [6, 6.07) is 4.39. The highest BCUT2D eigenvalue weighted by molar-refractivity contribution is 5.06. The van der Waals surface area contributed by atoms with Crippen molar-refractivity contribution in [2.24, 2.45) is 5.92 Å². The Morgan fingerprint density at radius 1 is 1.44 bits per heavy atom. The van der Waals surface area contributed by atoms with Crippen LogP contribution in [0.1, 0.15) is 31.9 Å². The van der Waals surface area contributed by atoms with E-state index in [0.29, 0.717) is 0 Å². The fraction of sp³-hybridized carbons (Fsp3) is 0.733. The largest absolute Gasteiger partial charge is 0.350 e. The molecule has 18 heavy (non-hydrogen) atoms. The van der Waals surface area contributed by atoms with Crippen molar-refractivity contribution < 1.29 is 0 Å². The minimum absolute atomic E-state index is 0.832. The molecule has 1 aromatic heterocycles. The number of hydrogen-bond acceptors (Lipinski definition) is 2. The van der Waals surface area contributed by atoms with E-state index in [1.165, 1.54) is 38.0 Å². The van der Waals surface area contributed by atoms with Gasteiger partial charge in [-0.15, -0.1) is 0 Å². The van der Waals surface area contributed by atoms with Crippen molar-refractivity contribution >= 4 is 0 Å². The quantitative estimate of drug-likeness (QED) is 0.835. The molecule has 0 bridgehead atoms. The van der Waals surface area contributed by atoms with Gasteiger partial charge in [-0.25, -0.2) is 0 Å². The van der Waals surface area contributed by atoms with Crippen LogP contribution in [0.25, 0.3) is 0 Å². The molecule has 0 saturated carbocycles. The van der Waals surface area contributed by atoms with Gasteiger partial charge in [0.2, 0.25) is 0 Å². The number of hydrogen-bond donors (Lipinski definition) is 1. The van der Waals surface area contributed by atoms with Gasteiger partial charge in [-0.2, -0.15) is 0 Å². The van der Waals surface area contributed by atoms with Crippen LogP contribution in [0.15, 0.2) is 18.3 Å². The van der Waals surface area contributed by atoms with Gasteiger partial charge in [-0.1, -0.05) is 6.92 Å². The van der Waals surface area contributed by atoms with E-state index in [-0.39, 0.29) is 0 Å². The minimum atomic E-state index is 0.832. The van der Waals surface area contributed by atoms with Crippen molar-refractivity contribution in [2.75, 3.05) is 26.7 Å². The first-order valence-electron chi connectivity index (χ1n) is 7.33. The third-order valence-corrected chi connectivity index (χ3v) is 3.85. The van der Waals surface area contributed by atoms with Crippen molar-refractivity contribution in [3.8, 4) is 0 Å². The van der Waals surface area contributed by atoms with Gasteiger partial charge in [0.05, 0.1) is 0 Å². The third kappa shape index (κ3) is 3.85. The van der Waals surface area contributed by atoms with Gasteiger partial charge in [0, 0.05) is 31.5 Å². The van der Waals surface area contributed by atoms with Crippen molar-refractivity contribution in [3.05, 3.63) is 24.0 Å². The van der Waals surface area contributed by atoms with E-state index in [2.05, 4.69) is 47.1 Å². The average molecular weight is 249 g/mol. The van der Waals surface area contributed by atoms with E-state index in [0.717, 1.165) is 25.6 Å². The maximum atomic E-state index is 3.63. The predicted octanol–water partition coefficient (Wildman–Crippen LogP) is 2.33. The molecule has 2 rings (SSSR count). The molecule has 1 unspecified atom stereocenters. The summed E-state index contributed by atoms with van der Waals surface area (Å²) in [4.78, 5) is 2.45. The molecule has 1 aliphatic rings. The molecular formula is C15H27N3. The van der Waals surface area contributed by atoms with Crippen molar-refractivity contribution in [1.82, 2.24) is 14.8 Å². The second kappa shape index (κ2) is 6.95. The number of rotatable bonds is 6. The van der Waals surface area contributed by atoms with Gasteiger partial charge >= 0.3 is 0 Å². The Labute approximate surface area is 111 Å². The van der Waals surface area contributed by atoms with E-state index in [4.69, 9.17) is 0 Å². The van der Waals surface area contributed by atoms with Crippen LogP contribution in [0.5, 0.6) is 0 Å². The van der Waals surface area contributed by atoms with Crippen LogP contribution in [0.3, 0.4) is 0 Å². The molecule has 1 fully saturated rings. The molecule has 2 heterocycles. The lowest BCUT2D eigenvalue weighted by Gasteiger charge is -2.29. The van der Waals surface area contributed by atoms with E-state index < -0.39 is 0 Å². The molecule has 0 spiro atoms. The van der Waals surface area contributed by atoms with Crippen LogP contribution < -0.4 is 5.32 Å². The molecular weight excluding hydrogens is 222 g/mol. The van der Waals surface area contributed by atoms with E-state index in [1.807, 2.05) is 0 Å². The summed E-state index contributed by atoms with van der Waals surface area (Å²) in [5.41, 5.74) is 1.42. The summed E-state index contributed by atoms with van der Waals surface area (Å²) in [6.07, 6.45) is 6.13. The normalized spacial score (nSPS) is 21.3. The zero-order valence-electron chi connectivity index (χ0n) is 11.9. The highest BCUT2D eigenvalue weighted by Gasteiger charge is 2.16. The van der Waals surface area contributed by atoms with Crippen LogP contribution in [-0.2, 0) is 13.1 Å². The first-order chi connectivity index (χ1) is 8.79. The number of nitrogens with one attached hydrogen (secondary N) is 1. The van der Waals surface area contributed by atoms with Crippen LogP contribution in [0.4, 0.5) is 0 Å². The topological polar surface area (TPSA) is 20.2 Å². The first kappa shape index (κ1) is 13.6. The number of likely N-dealkylation sites (tertiary alicyclic amines) is 1. The van der Waals surface area contributed by atoms with E-state index >= 15 is 0 Å². The van der Waals surface area contributed by atoms with E-state index in [9.17, 15) is 0 Å². The Morgan fingerprint density at radius 2 is 2.33 bits per heavy atom. The molecule has 1 N–H and O–H groups in total. The molecule has 0 aliphatic carbocycles. The Morgan fingerprint density at radius 3 is 3.11 bits per heavy atom. The summed E-state index contributed by atoms with van der Waals surface area (Å²) in [5, 5.41) is 3.63. The monoisotopic (exact) mass is 249 g/mol. The van der Waals surface area contributed by atoms with Gasteiger partial charge in [0.1, 0.15) is 0 Å². The second-order valence-electron chi connectivity index (χ2n) is 5.59. The Balaban J connectivity index is 1.72. The number of aromatic nitrogens is 1. The Hall–Kier alpha value is -0.800. The van der Waals surface area contributed by atoms with E-state index in [1.54, 1.807) is 0 Å². The molecule has 0 radical (unpaired) electrons. The molecule has 1 aliphatic heterocycles. The molecule has 3 nitrogen and oxygen atoms in total. The zero-order chi connectivity index (χ0) is 12.8. The van der Waals surface area contributed by atoms with Crippen LogP contribution in [-0.4, -0.2) is 36.1 Å². The number of aryl methyl sites for hydroxylation is 1. The smallest absolute Gasteiger partial charge is 0.0359 e. The summed E-state index contributed by atoms with van der Waals surface area (Å²) < 4.78 is 2.36. The fourth-order valence-corrected chi connectivity index (χ4v) is 2.91. The van der Waals surface area contributed by atoms with Gasteiger partial charge in [-0.3, -0.25) is 0 Å². The summed E-state index contributed by atoms with van der Waals surface area (Å²) in [5.74, 6) is 0.832. The standard InChI is InChI=1S/C15H27N3/c1-3-8-18-10-5-7-15(18)12-16-11-14-6-4-9-17(2)13-14/h5,7,10,14,16H,3-4,6,8-9,11-13H2,1-2H3. The highest BCUT2D eigenvalue weighted by Crippen LogP contribution is 2.14. The Kier molecular flexibility index (Phi) is 5.26. The van der Waals surface area contributed by atoms with Gasteiger partial charge in [-0.05, 0) is 57.5 Å². The summed E-state index contributed by atoms with van der Waals surface area (Å²) >= 11 is 0. The maximum absolute atomic E-state index is 3.63. The molecule has 1 atom stereocenters. The van der Waals surface area contributed by atoms with Crippen molar-refractivity contribution in [1.29, 1.82) is 0 Å². The minimum Gasteiger partial charge on any atom is -0.350 e. The lowest BCUT2D eigenvalue weighted by molar-refractivity contribution is 0.206. The highest BCUT2D eigenvalue weighted by atomic mass is 15.1. The van der Waals surface area contributed by atoms with Gasteiger partial charge < -0.3 is 14.8 Å². The zero-order valence-corrected chi connectivity index (χ0v) is 11.9. The molecule has 0 amide bonds. The number of nitrogens with zero attached hydrogens (tertiary/aromatic N) is 2. The van der Waals surface area contributed by atoms with Crippen LogP contribution >= 0.6 is 0 Å². The molecule has 1 saturated heterocycles. The molecule has 0 aromatic carbocycles. The van der Waals surface area contributed by atoms with Gasteiger partial charge in [0.25, 0.3) is 0 Å². The summed E-state index contributed by atoms with van der Waals surface area (Å²) in [6.45, 7) is 8.05. The Bertz CT molecular complexity index is 345. The van der Waals surface area contributed by atoms with Crippen LogP contribution in [0.2, 0.25) is 0 Å². The van der Waals surface area contributed by atoms with Gasteiger partial charge in [0.15, 0.2) is 0 Å². The lowest BCUT2D eigenvalue weighted by atomic mass is 9.98. The van der Waals surface area contributed by atoms with Crippen molar-refractivity contribution in [2.45, 2.75) is 39.3 Å². The fourth-order valence-electron chi connectivity index (χ4n) is 2.91. The average Bonchev–Trinajstić information content (AvgIpc) is 2.78. The maximum Gasteiger partial charge on any atom is 0.0359 e. The SMILES string of the molecule is CCCn1cccc1CNCC1CCCN(C)C1. The first-order valence-corrected chi connectivity index (χ1v) is 7.33. The number of piperidine rings is 1. The lowest BCUT2D eigenvalue weighted by Crippen LogP contribution is -2.37. The summed E-state index contributed by atoms with van der Waals surface area (Å²) in [7, 11) is 2.23. The van der Waals surface area contributed by atoms with Crippen molar-refractivity contribution in [3.63, 3.8) is 0 Å². The molecule has 1 aromatic rings. The second-order valence-corrected chi connectivity index (χ2v) is 5.59. The molecule has 3 heteroatoms. The molecule has 102 valence electrons.